The van der Waals surface area contributed by atoms with Gasteiger partial charge in [-0.25, -0.2) is 0 Å². The van der Waals surface area contributed by atoms with E-state index in [4.69, 9.17) is 0 Å². The van der Waals surface area contributed by atoms with Crippen LogP contribution in [0.1, 0.15) is 93.9 Å². The minimum Gasteiger partial charge on any atom is -0.481 e. The number of hydrogen-bond acceptors (Lipinski definition) is 4. The van der Waals surface area contributed by atoms with Crippen molar-refractivity contribution in [2.45, 2.75) is 93.9 Å². The number of rotatable bonds is 12. The van der Waals surface area contributed by atoms with E-state index < -0.39 is 22.8 Å². The van der Waals surface area contributed by atoms with Gasteiger partial charge in [0.1, 0.15) is 0 Å². The van der Waals surface area contributed by atoms with Crippen LogP contribution in [0.25, 0.3) is 0 Å². The van der Waals surface area contributed by atoms with Gasteiger partial charge < -0.3 is 10.2 Å². The molecule has 0 aromatic carbocycles. The lowest BCUT2D eigenvalue weighted by Gasteiger charge is -2.26. The van der Waals surface area contributed by atoms with E-state index in [-0.39, 0.29) is 22.4 Å². The van der Waals surface area contributed by atoms with Gasteiger partial charge in [0.15, 0.2) is 11.6 Å². The van der Waals surface area contributed by atoms with Crippen LogP contribution in [0.2, 0.25) is 0 Å². The van der Waals surface area contributed by atoms with Gasteiger partial charge in [0, 0.05) is 22.0 Å². The second kappa shape index (κ2) is 11.4. The van der Waals surface area contributed by atoms with Gasteiger partial charge in [-0.1, -0.05) is 64.2 Å². The lowest BCUT2D eigenvalue weighted by Crippen LogP contribution is -2.24. The molecule has 2 aliphatic carbocycles. The maximum Gasteiger partial charge on any atom is 0.309 e. The minimum atomic E-state index is -0.849. The average Bonchev–Trinajstić information content (AvgIpc) is 2.76. The Morgan fingerprint density at radius 1 is 0.684 bits per heavy atom. The number of aliphatic carboxylic acids is 2. The summed E-state index contributed by atoms with van der Waals surface area (Å²) in [5, 5.41) is 18.7. The van der Waals surface area contributed by atoms with E-state index in [0.29, 0.717) is 60.8 Å². The van der Waals surface area contributed by atoms with Crippen LogP contribution in [0.5, 0.6) is 0 Å². The van der Waals surface area contributed by atoms with E-state index in [1.807, 2.05) is 52.0 Å². The Hall–Kier alpha value is -3.02. The van der Waals surface area contributed by atoms with Crippen LogP contribution < -0.4 is 0 Å². The summed E-state index contributed by atoms with van der Waals surface area (Å²) in [5.74, 6) is -1.89. The third kappa shape index (κ3) is 8.24. The number of hydrogen-bond donors (Lipinski definition) is 2. The predicted molar refractivity (Wildman–Crippen MR) is 150 cm³/mol. The second-order valence-electron chi connectivity index (χ2n) is 13.3. The second-order valence-corrected chi connectivity index (χ2v) is 13.3. The third-order valence-corrected chi connectivity index (χ3v) is 7.35. The first-order valence-electron chi connectivity index (χ1n) is 13.4. The molecule has 0 unspecified atom stereocenters. The van der Waals surface area contributed by atoms with E-state index >= 15 is 0 Å². The van der Waals surface area contributed by atoms with E-state index in [1.54, 1.807) is 39.8 Å². The van der Waals surface area contributed by atoms with Crippen LogP contribution >= 0.6 is 0 Å². The highest BCUT2D eigenvalue weighted by molar-refractivity contribution is 6.13. The summed E-state index contributed by atoms with van der Waals surface area (Å²) in [7, 11) is 0. The summed E-state index contributed by atoms with van der Waals surface area (Å²) in [6.07, 6.45) is 14.3. The lowest BCUT2D eigenvalue weighted by atomic mass is 9.77. The standard InChI is InChI=1S/C32H44O6/c1-29(2)17-21(11-9-15-31(5,6)27(35)36)25(33)23(19-29)13-14-24-20-30(3,4)18-22(26(24)34)12-10-16-32(7,8)28(37)38/h13-14,17-20H,9-12,15-16H2,1-8H3,(H,35,36)(H,37,38)/b14-13-. The van der Waals surface area contributed by atoms with Crippen LogP contribution in [-0.4, -0.2) is 33.7 Å². The molecule has 0 heterocycles. The van der Waals surface area contributed by atoms with Crippen molar-refractivity contribution < 1.29 is 29.4 Å². The molecule has 2 N–H and O–H groups in total. The Morgan fingerprint density at radius 3 is 1.29 bits per heavy atom. The van der Waals surface area contributed by atoms with E-state index in [1.165, 1.54) is 0 Å². The molecule has 0 aromatic rings. The molecule has 2 rings (SSSR count). The molecule has 0 saturated carbocycles. The minimum absolute atomic E-state index is 0.0940. The molecule has 0 radical (unpaired) electrons. The van der Waals surface area contributed by atoms with E-state index in [2.05, 4.69) is 0 Å². The molecule has 0 saturated heterocycles. The molecular formula is C32H44O6. The number of Topliss-reactive ketones (excluding diaryl/α,β-unsaturated/α-hetero) is 2. The number of carboxylic acid groups (broad SMARTS) is 2. The third-order valence-electron chi connectivity index (χ3n) is 7.35. The molecule has 2 aliphatic rings. The van der Waals surface area contributed by atoms with Gasteiger partial charge >= 0.3 is 11.9 Å². The van der Waals surface area contributed by atoms with Crippen LogP contribution in [0.4, 0.5) is 0 Å². The highest BCUT2D eigenvalue weighted by Gasteiger charge is 2.31. The molecule has 6 heteroatoms. The van der Waals surface area contributed by atoms with Gasteiger partial charge in [-0.05, 0) is 77.4 Å². The highest BCUT2D eigenvalue weighted by Crippen LogP contribution is 2.36. The molecule has 38 heavy (non-hydrogen) atoms. The van der Waals surface area contributed by atoms with Crippen molar-refractivity contribution in [1.82, 2.24) is 0 Å². The van der Waals surface area contributed by atoms with Gasteiger partial charge in [0.2, 0.25) is 0 Å². The van der Waals surface area contributed by atoms with Gasteiger partial charge in [-0.2, -0.15) is 0 Å². The van der Waals surface area contributed by atoms with Gasteiger partial charge in [0.05, 0.1) is 10.8 Å². The fraction of sp³-hybridized carbons (Fsp3) is 0.562. The van der Waals surface area contributed by atoms with Crippen molar-refractivity contribution >= 4 is 23.5 Å². The summed E-state index contributed by atoms with van der Waals surface area (Å²) < 4.78 is 0. The van der Waals surface area contributed by atoms with Crippen molar-refractivity contribution in [3.63, 3.8) is 0 Å². The fourth-order valence-corrected chi connectivity index (χ4v) is 4.87. The number of carbonyl (C=O) groups excluding carboxylic acids is 2. The largest absolute Gasteiger partial charge is 0.481 e. The first-order valence-corrected chi connectivity index (χ1v) is 13.4. The van der Waals surface area contributed by atoms with Crippen LogP contribution in [0.3, 0.4) is 0 Å². The summed E-state index contributed by atoms with van der Waals surface area (Å²) in [5.41, 5.74) is -0.00177. The van der Waals surface area contributed by atoms with Crippen molar-refractivity contribution in [2.24, 2.45) is 21.7 Å². The summed E-state index contributed by atoms with van der Waals surface area (Å²) >= 11 is 0. The lowest BCUT2D eigenvalue weighted by molar-refractivity contribution is -0.148. The van der Waals surface area contributed by atoms with Gasteiger partial charge in [-0.3, -0.25) is 19.2 Å². The molecule has 0 fully saturated rings. The van der Waals surface area contributed by atoms with Crippen LogP contribution in [0, 0.1) is 21.7 Å². The smallest absolute Gasteiger partial charge is 0.309 e. The zero-order valence-electron chi connectivity index (χ0n) is 24.2. The molecule has 6 nitrogen and oxygen atoms in total. The van der Waals surface area contributed by atoms with Crippen LogP contribution in [-0.2, 0) is 19.2 Å². The van der Waals surface area contributed by atoms with Gasteiger partial charge in [0.25, 0.3) is 0 Å². The number of carboxylic acids is 2. The molecule has 208 valence electrons. The SMILES string of the molecule is CC1(C)C=C(/C=C\C2=CC(C)(C)C=C(CCCC(C)(C)C(=O)O)C2=O)C(=O)C(CCCC(C)(C)C(=O)O)=C1. The highest BCUT2D eigenvalue weighted by atomic mass is 16.4. The van der Waals surface area contributed by atoms with Gasteiger partial charge in [-0.15, -0.1) is 0 Å². The molecule has 0 aromatic heterocycles. The number of allylic oxidation sites excluding steroid dienone is 10. The molecule has 0 bridgehead atoms. The normalized spacial score (nSPS) is 19.6. The summed E-state index contributed by atoms with van der Waals surface area (Å²) in [4.78, 5) is 49.4. The van der Waals surface area contributed by atoms with Crippen molar-refractivity contribution in [3.05, 3.63) is 58.7 Å². The maximum absolute atomic E-state index is 13.3. The number of ketones is 2. The monoisotopic (exact) mass is 524 g/mol. The van der Waals surface area contributed by atoms with E-state index in [0.717, 1.165) is 0 Å². The van der Waals surface area contributed by atoms with Crippen molar-refractivity contribution in [1.29, 1.82) is 0 Å². The average molecular weight is 525 g/mol. The molecular weight excluding hydrogens is 480 g/mol. The van der Waals surface area contributed by atoms with E-state index in [9.17, 15) is 29.4 Å². The topological polar surface area (TPSA) is 109 Å². The summed E-state index contributed by atoms with van der Waals surface area (Å²) in [6.45, 7) is 14.8. The predicted octanol–water partition coefficient (Wildman–Crippen LogP) is 7.03. The quantitative estimate of drug-likeness (QED) is 0.284. The van der Waals surface area contributed by atoms with Crippen molar-refractivity contribution in [3.8, 4) is 0 Å². The Balaban J connectivity index is 2.16. The summed E-state index contributed by atoms with van der Waals surface area (Å²) in [6, 6.07) is 0. The molecule has 0 atom stereocenters. The molecule has 0 aliphatic heterocycles. The first-order chi connectivity index (χ1) is 17.3. The van der Waals surface area contributed by atoms with Crippen molar-refractivity contribution in [2.75, 3.05) is 0 Å². The Morgan fingerprint density at radius 2 is 1.00 bits per heavy atom. The number of carbonyl (C=O) groups is 4. The Kier molecular flexibility index (Phi) is 9.35. The molecule has 0 spiro atoms. The Labute approximate surface area is 227 Å². The fourth-order valence-electron chi connectivity index (χ4n) is 4.87. The first kappa shape index (κ1) is 31.2. The Bertz CT molecular complexity index is 1060. The molecule has 0 amide bonds. The van der Waals surface area contributed by atoms with Crippen LogP contribution in [0.15, 0.2) is 58.7 Å². The maximum atomic E-state index is 13.3. The zero-order valence-corrected chi connectivity index (χ0v) is 24.2. The zero-order chi connectivity index (χ0) is 29.1.